The highest BCUT2D eigenvalue weighted by molar-refractivity contribution is 5.97. The third-order valence-corrected chi connectivity index (χ3v) is 6.12. The Bertz CT molecular complexity index is 1160. The van der Waals surface area contributed by atoms with Gasteiger partial charge in [0.2, 0.25) is 0 Å². The highest BCUT2D eigenvalue weighted by Crippen LogP contribution is 2.42. The van der Waals surface area contributed by atoms with Gasteiger partial charge in [-0.1, -0.05) is 36.4 Å². The number of quaternary nitrogens is 1. The fourth-order valence-corrected chi connectivity index (χ4v) is 4.13. The van der Waals surface area contributed by atoms with Gasteiger partial charge >= 0.3 is 12.3 Å². The quantitative estimate of drug-likeness (QED) is 0.455. The molecule has 2 aromatic carbocycles. The highest BCUT2D eigenvalue weighted by atomic mass is 19.4. The van der Waals surface area contributed by atoms with Crippen molar-refractivity contribution < 1.29 is 27.4 Å². The third kappa shape index (κ3) is 5.70. The summed E-state index contributed by atoms with van der Waals surface area (Å²) < 4.78 is 49.0. The second-order valence-electron chi connectivity index (χ2n) is 8.58. The minimum atomic E-state index is -4.91. The molecule has 0 aliphatic carbocycles. The van der Waals surface area contributed by atoms with Gasteiger partial charge in [0.25, 0.3) is 0 Å². The summed E-state index contributed by atoms with van der Waals surface area (Å²) in [6.07, 6.45) is -3.36. The fraction of sp³-hybridized carbons (Fsp3) is 0.308. The first kappa shape index (κ1) is 24.8. The number of aryl methyl sites for hydroxylation is 1. The van der Waals surface area contributed by atoms with Crippen molar-refractivity contribution in [2.45, 2.75) is 13.3 Å². The van der Waals surface area contributed by atoms with Gasteiger partial charge in [0, 0.05) is 30.8 Å². The third-order valence-electron chi connectivity index (χ3n) is 6.12. The molecule has 0 spiro atoms. The zero-order valence-electron chi connectivity index (χ0n) is 19.6. The molecule has 1 saturated heterocycles. The number of ether oxygens (including phenoxy) is 2. The number of morpholine rings is 1. The maximum absolute atomic E-state index is 13.8. The number of amides is 1. The van der Waals surface area contributed by atoms with Crippen molar-refractivity contribution >= 4 is 17.3 Å². The van der Waals surface area contributed by atoms with Crippen molar-refractivity contribution in [2.75, 3.05) is 39.9 Å². The Labute approximate surface area is 202 Å². The number of benzene rings is 2. The molecule has 1 atom stereocenters. The SMILES string of the molecule is Cc1ccc(OC(F)(F)F)c([N+](C)(C(=O)CN2CCOCC2)c2ccc(-c3ccccc3)nc2)c1. The topological polar surface area (TPSA) is 51.7 Å². The summed E-state index contributed by atoms with van der Waals surface area (Å²) in [5, 5.41) is 0. The normalized spacial score (nSPS) is 16.5. The minimum Gasteiger partial charge on any atom is -0.399 e. The number of hydrogen-bond donors (Lipinski definition) is 0. The van der Waals surface area contributed by atoms with Gasteiger partial charge in [-0.15, -0.1) is 13.2 Å². The van der Waals surface area contributed by atoms with E-state index in [2.05, 4.69) is 9.72 Å². The van der Waals surface area contributed by atoms with E-state index in [0.29, 0.717) is 43.2 Å². The van der Waals surface area contributed by atoms with Crippen molar-refractivity contribution in [2.24, 2.45) is 0 Å². The monoisotopic (exact) mass is 486 g/mol. The Kier molecular flexibility index (Phi) is 7.20. The molecule has 1 unspecified atom stereocenters. The Morgan fingerprint density at radius 1 is 1.09 bits per heavy atom. The number of carbonyl (C=O) groups excluding carboxylic acids is 1. The Morgan fingerprint density at radius 2 is 1.80 bits per heavy atom. The van der Waals surface area contributed by atoms with Crippen molar-refractivity contribution in [3.63, 3.8) is 0 Å². The number of nitrogens with zero attached hydrogens (tertiary/aromatic N) is 3. The van der Waals surface area contributed by atoms with Crippen LogP contribution in [0.25, 0.3) is 11.3 Å². The Balaban J connectivity index is 1.80. The maximum Gasteiger partial charge on any atom is 0.573 e. The molecule has 184 valence electrons. The van der Waals surface area contributed by atoms with E-state index in [4.69, 9.17) is 4.74 Å². The maximum atomic E-state index is 13.8. The molecule has 0 radical (unpaired) electrons. The van der Waals surface area contributed by atoms with E-state index in [1.807, 2.05) is 35.2 Å². The first-order chi connectivity index (χ1) is 16.7. The molecule has 1 amide bonds. The number of rotatable bonds is 6. The zero-order chi connectivity index (χ0) is 25.1. The molecule has 1 aromatic heterocycles. The molecule has 4 rings (SSSR count). The number of pyridine rings is 1. The molecule has 0 bridgehead atoms. The van der Waals surface area contributed by atoms with Gasteiger partial charge in [0.1, 0.15) is 6.54 Å². The number of carbonyl (C=O) groups is 1. The largest absolute Gasteiger partial charge is 0.573 e. The number of aromatic nitrogens is 1. The van der Waals surface area contributed by atoms with Gasteiger partial charge in [0.05, 0.1) is 32.2 Å². The molecular formula is C26H27F3N3O3+. The molecule has 35 heavy (non-hydrogen) atoms. The van der Waals surface area contributed by atoms with E-state index >= 15 is 0 Å². The first-order valence-electron chi connectivity index (χ1n) is 11.3. The minimum absolute atomic E-state index is 0.0414. The average Bonchev–Trinajstić information content (AvgIpc) is 2.85. The van der Waals surface area contributed by atoms with Gasteiger partial charge in [0.15, 0.2) is 17.1 Å². The standard InChI is InChI=1S/C26H27F3N3O3/c1-19-8-11-24(35-26(27,28)29)23(16-19)32(2,25(33)18-31-12-14-34-15-13-31)21-9-10-22(30-17-21)20-6-4-3-5-7-20/h3-11,16-17H,12-15,18H2,1-2H3/q+1. The van der Waals surface area contributed by atoms with Crippen LogP contribution in [-0.4, -0.2) is 62.0 Å². The molecule has 1 fully saturated rings. The van der Waals surface area contributed by atoms with Crippen LogP contribution in [0.3, 0.4) is 0 Å². The summed E-state index contributed by atoms with van der Waals surface area (Å²) in [6, 6.07) is 17.3. The lowest BCUT2D eigenvalue weighted by atomic mass is 10.1. The molecular weight excluding hydrogens is 459 g/mol. The summed E-state index contributed by atoms with van der Waals surface area (Å²) in [7, 11) is 1.58. The van der Waals surface area contributed by atoms with E-state index in [9.17, 15) is 18.0 Å². The molecule has 1 aliphatic rings. The van der Waals surface area contributed by atoms with Crippen LogP contribution in [-0.2, 0) is 9.53 Å². The Hall–Kier alpha value is -3.27. The fourth-order valence-electron chi connectivity index (χ4n) is 4.13. The number of alkyl halides is 3. The van der Waals surface area contributed by atoms with Crippen LogP contribution in [0.5, 0.6) is 5.75 Å². The summed E-state index contributed by atoms with van der Waals surface area (Å²) in [5.41, 5.74) is 2.81. The van der Waals surface area contributed by atoms with Crippen LogP contribution in [0, 0.1) is 6.92 Å². The lowest BCUT2D eigenvalue weighted by Gasteiger charge is -2.34. The van der Waals surface area contributed by atoms with Crippen LogP contribution in [0.2, 0.25) is 0 Å². The lowest BCUT2D eigenvalue weighted by Crippen LogP contribution is -2.53. The Morgan fingerprint density at radius 3 is 2.43 bits per heavy atom. The smallest absolute Gasteiger partial charge is 0.399 e. The van der Waals surface area contributed by atoms with Crippen LogP contribution >= 0.6 is 0 Å². The number of halogens is 3. The second-order valence-corrected chi connectivity index (χ2v) is 8.58. The van der Waals surface area contributed by atoms with Crippen LogP contribution < -0.4 is 9.22 Å². The summed E-state index contributed by atoms with van der Waals surface area (Å²) in [5.74, 6) is -0.730. The van der Waals surface area contributed by atoms with E-state index in [1.165, 1.54) is 12.1 Å². The van der Waals surface area contributed by atoms with E-state index in [0.717, 1.165) is 5.56 Å². The summed E-state index contributed by atoms with van der Waals surface area (Å²) in [4.78, 5) is 20.3. The van der Waals surface area contributed by atoms with E-state index < -0.39 is 16.6 Å². The van der Waals surface area contributed by atoms with Crippen molar-refractivity contribution in [1.29, 1.82) is 0 Å². The van der Waals surface area contributed by atoms with Gasteiger partial charge in [-0.25, -0.2) is 4.79 Å². The highest BCUT2D eigenvalue weighted by Gasteiger charge is 2.43. The summed E-state index contributed by atoms with van der Waals surface area (Å²) in [6.45, 7) is 3.93. The average molecular weight is 487 g/mol. The van der Waals surface area contributed by atoms with Crippen LogP contribution in [0.4, 0.5) is 24.5 Å². The number of hydrogen-bond acceptors (Lipinski definition) is 5. The van der Waals surface area contributed by atoms with Crippen molar-refractivity contribution in [1.82, 2.24) is 14.4 Å². The van der Waals surface area contributed by atoms with E-state index in [1.54, 1.807) is 38.4 Å². The predicted molar refractivity (Wildman–Crippen MR) is 127 cm³/mol. The molecule has 0 saturated carbocycles. The van der Waals surface area contributed by atoms with Gasteiger partial charge in [-0.05, 0) is 24.6 Å². The molecule has 1 aliphatic heterocycles. The second kappa shape index (κ2) is 10.2. The molecule has 6 nitrogen and oxygen atoms in total. The summed E-state index contributed by atoms with van der Waals surface area (Å²) >= 11 is 0. The number of likely N-dealkylation sites (N-methyl/N-ethyl adjacent to an activating group) is 1. The van der Waals surface area contributed by atoms with Gasteiger partial charge in [-0.2, -0.15) is 4.48 Å². The van der Waals surface area contributed by atoms with Gasteiger partial charge < -0.3 is 9.47 Å². The van der Waals surface area contributed by atoms with Crippen LogP contribution in [0.1, 0.15) is 5.56 Å². The first-order valence-corrected chi connectivity index (χ1v) is 11.3. The van der Waals surface area contributed by atoms with Crippen molar-refractivity contribution in [3.8, 4) is 17.0 Å². The predicted octanol–water partition coefficient (Wildman–Crippen LogP) is 5.08. The lowest BCUT2D eigenvalue weighted by molar-refractivity contribution is -0.274. The molecule has 9 heteroatoms. The zero-order valence-corrected chi connectivity index (χ0v) is 19.6. The van der Waals surface area contributed by atoms with Crippen molar-refractivity contribution in [3.05, 3.63) is 72.4 Å². The molecule has 2 heterocycles. The van der Waals surface area contributed by atoms with Gasteiger partial charge in [-0.3, -0.25) is 9.88 Å². The molecule has 3 aromatic rings. The van der Waals surface area contributed by atoms with Crippen LogP contribution in [0.15, 0.2) is 66.9 Å². The van der Waals surface area contributed by atoms with E-state index in [-0.39, 0.29) is 18.1 Å². The molecule has 0 N–H and O–H groups in total.